The Balaban J connectivity index is 2.10. The van der Waals surface area contributed by atoms with Gasteiger partial charge >= 0.3 is 0 Å². The smallest absolute Gasteiger partial charge is 0.153 e. The highest BCUT2D eigenvalue weighted by Crippen LogP contribution is 2.22. The molecular formula is C15H21BrN4. The third-order valence-electron chi connectivity index (χ3n) is 3.11. The molecule has 2 heterocycles. The Bertz CT molecular complexity index is 572. The van der Waals surface area contributed by atoms with Gasteiger partial charge in [-0.05, 0) is 53.9 Å². The van der Waals surface area contributed by atoms with Crippen molar-refractivity contribution in [3.63, 3.8) is 0 Å². The van der Waals surface area contributed by atoms with Crippen LogP contribution in [0.4, 0.5) is 0 Å². The van der Waals surface area contributed by atoms with E-state index in [1.807, 2.05) is 30.8 Å². The second kappa shape index (κ2) is 6.50. The minimum atomic E-state index is 0.661. The zero-order chi connectivity index (χ0) is 14.7. The number of halogens is 1. The number of aromatic nitrogens is 3. The van der Waals surface area contributed by atoms with Gasteiger partial charge in [0.1, 0.15) is 0 Å². The zero-order valence-corrected chi connectivity index (χ0v) is 14.0. The molecule has 0 radical (unpaired) electrons. The molecule has 2 rings (SSSR count). The molecule has 2 aromatic heterocycles. The Hall–Kier alpha value is -1.20. The fourth-order valence-corrected chi connectivity index (χ4v) is 2.25. The van der Waals surface area contributed by atoms with Crippen molar-refractivity contribution < 1.29 is 0 Å². The normalized spacial score (nSPS) is 11.3. The fraction of sp³-hybridized carbons (Fsp3) is 0.467. The van der Waals surface area contributed by atoms with Crippen LogP contribution in [0, 0.1) is 19.8 Å². The summed E-state index contributed by atoms with van der Waals surface area (Å²) in [4.78, 5) is 4.50. The van der Waals surface area contributed by atoms with E-state index in [9.17, 15) is 0 Å². The molecule has 0 bridgehead atoms. The summed E-state index contributed by atoms with van der Waals surface area (Å²) in [6, 6.07) is 4.11. The van der Waals surface area contributed by atoms with Crippen molar-refractivity contribution in [2.45, 2.75) is 34.2 Å². The molecule has 0 saturated heterocycles. The lowest BCUT2D eigenvalue weighted by Gasteiger charge is -2.08. The van der Waals surface area contributed by atoms with Crippen LogP contribution >= 0.6 is 15.9 Å². The third kappa shape index (κ3) is 3.46. The van der Waals surface area contributed by atoms with Gasteiger partial charge in [-0.1, -0.05) is 19.9 Å². The highest BCUT2D eigenvalue weighted by molar-refractivity contribution is 9.10. The Labute approximate surface area is 128 Å². The molecule has 5 heteroatoms. The van der Waals surface area contributed by atoms with Crippen LogP contribution in [0.3, 0.4) is 0 Å². The van der Waals surface area contributed by atoms with Crippen LogP contribution in [0.1, 0.15) is 30.8 Å². The molecule has 0 spiro atoms. The summed E-state index contributed by atoms with van der Waals surface area (Å²) in [7, 11) is 0. The van der Waals surface area contributed by atoms with E-state index in [1.54, 1.807) is 0 Å². The first-order valence-corrected chi connectivity index (χ1v) is 7.66. The summed E-state index contributed by atoms with van der Waals surface area (Å²) in [6.07, 6.45) is 1.91. The van der Waals surface area contributed by atoms with E-state index in [0.717, 1.165) is 34.8 Å². The lowest BCUT2D eigenvalue weighted by molar-refractivity contribution is 0.552. The Morgan fingerprint density at radius 3 is 2.55 bits per heavy atom. The second-order valence-electron chi connectivity index (χ2n) is 5.45. The average molecular weight is 337 g/mol. The van der Waals surface area contributed by atoms with Gasteiger partial charge in [0.2, 0.25) is 0 Å². The van der Waals surface area contributed by atoms with Gasteiger partial charge in [-0.3, -0.25) is 0 Å². The van der Waals surface area contributed by atoms with Crippen molar-refractivity contribution in [3.05, 3.63) is 39.8 Å². The van der Waals surface area contributed by atoms with E-state index in [1.165, 1.54) is 5.56 Å². The second-order valence-corrected chi connectivity index (χ2v) is 6.24. The number of hydrogen-bond acceptors (Lipinski definition) is 3. The quantitative estimate of drug-likeness (QED) is 0.909. The van der Waals surface area contributed by atoms with Crippen LogP contribution in [0.2, 0.25) is 0 Å². The molecule has 4 nitrogen and oxygen atoms in total. The van der Waals surface area contributed by atoms with Crippen LogP contribution in [0.15, 0.2) is 22.8 Å². The first kappa shape index (κ1) is 15.2. The van der Waals surface area contributed by atoms with E-state index in [4.69, 9.17) is 0 Å². The van der Waals surface area contributed by atoms with E-state index >= 15 is 0 Å². The van der Waals surface area contributed by atoms with Crippen LogP contribution < -0.4 is 5.32 Å². The van der Waals surface area contributed by atoms with Crippen molar-refractivity contribution in [3.8, 4) is 5.82 Å². The highest BCUT2D eigenvalue weighted by atomic mass is 79.9. The van der Waals surface area contributed by atoms with Gasteiger partial charge in [0, 0.05) is 12.7 Å². The molecule has 0 atom stereocenters. The maximum Gasteiger partial charge on any atom is 0.153 e. The summed E-state index contributed by atoms with van der Waals surface area (Å²) in [5.41, 5.74) is 3.24. The van der Waals surface area contributed by atoms with Gasteiger partial charge in [-0.2, -0.15) is 5.10 Å². The van der Waals surface area contributed by atoms with Crippen molar-refractivity contribution in [1.82, 2.24) is 20.1 Å². The van der Waals surface area contributed by atoms with Gasteiger partial charge in [0.25, 0.3) is 0 Å². The van der Waals surface area contributed by atoms with Gasteiger partial charge in [0.05, 0.1) is 15.9 Å². The predicted molar refractivity (Wildman–Crippen MR) is 85.1 cm³/mol. The Kier molecular flexibility index (Phi) is 4.94. The van der Waals surface area contributed by atoms with Crippen LogP contribution in [0.25, 0.3) is 5.82 Å². The molecule has 2 aromatic rings. The fourth-order valence-electron chi connectivity index (χ4n) is 2.00. The van der Waals surface area contributed by atoms with Crippen molar-refractivity contribution in [2.75, 3.05) is 6.54 Å². The molecule has 0 aliphatic rings. The maximum atomic E-state index is 4.50. The standard InChI is InChI=1S/C15H21BrN4/c1-10(2)7-17-8-13-5-6-14(18-9-13)20-12(4)15(16)11(3)19-20/h5-6,9-10,17H,7-8H2,1-4H3. The molecule has 20 heavy (non-hydrogen) atoms. The monoisotopic (exact) mass is 336 g/mol. The Morgan fingerprint density at radius 2 is 2.05 bits per heavy atom. The van der Waals surface area contributed by atoms with Crippen molar-refractivity contribution in [1.29, 1.82) is 0 Å². The van der Waals surface area contributed by atoms with E-state index in [2.05, 4.69) is 51.2 Å². The number of nitrogens with zero attached hydrogens (tertiary/aromatic N) is 3. The molecular weight excluding hydrogens is 316 g/mol. The molecule has 0 aliphatic carbocycles. The van der Waals surface area contributed by atoms with Gasteiger partial charge in [-0.15, -0.1) is 0 Å². The van der Waals surface area contributed by atoms with Crippen molar-refractivity contribution in [2.24, 2.45) is 5.92 Å². The first-order valence-electron chi connectivity index (χ1n) is 6.86. The minimum Gasteiger partial charge on any atom is -0.312 e. The largest absolute Gasteiger partial charge is 0.312 e. The number of aryl methyl sites for hydroxylation is 1. The molecule has 0 unspecified atom stereocenters. The lowest BCUT2D eigenvalue weighted by Crippen LogP contribution is -2.19. The molecule has 0 aromatic carbocycles. The van der Waals surface area contributed by atoms with Crippen LogP contribution in [-0.2, 0) is 6.54 Å². The summed E-state index contributed by atoms with van der Waals surface area (Å²) >= 11 is 3.54. The summed E-state index contributed by atoms with van der Waals surface area (Å²) < 4.78 is 2.91. The van der Waals surface area contributed by atoms with Crippen molar-refractivity contribution >= 4 is 15.9 Å². The number of pyridine rings is 1. The number of hydrogen-bond donors (Lipinski definition) is 1. The lowest BCUT2D eigenvalue weighted by atomic mass is 10.2. The molecule has 0 amide bonds. The van der Waals surface area contributed by atoms with E-state index < -0.39 is 0 Å². The average Bonchev–Trinajstić information content (AvgIpc) is 2.67. The summed E-state index contributed by atoms with van der Waals surface area (Å²) in [5.74, 6) is 1.51. The molecule has 1 N–H and O–H groups in total. The highest BCUT2D eigenvalue weighted by Gasteiger charge is 2.10. The molecule has 108 valence electrons. The summed E-state index contributed by atoms with van der Waals surface area (Å²) in [5, 5.41) is 7.90. The number of nitrogens with one attached hydrogen (secondary N) is 1. The minimum absolute atomic E-state index is 0.661. The van der Waals surface area contributed by atoms with Gasteiger partial charge in [-0.25, -0.2) is 9.67 Å². The summed E-state index contributed by atoms with van der Waals surface area (Å²) in [6.45, 7) is 10.3. The van der Waals surface area contributed by atoms with Crippen LogP contribution in [0.5, 0.6) is 0 Å². The number of rotatable bonds is 5. The molecule has 0 fully saturated rings. The maximum absolute atomic E-state index is 4.50. The third-order valence-corrected chi connectivity index (χ3v) is 4.26. The SMILES string of the molecule is Cc1nn(-c2ccc(CNCC(C)C)cn2)c(C)c1Br. The Morgan fingerprint density at radius 1 is 1.30 bits per heavy atom. The van der Waals surface area contributed by atoms with E-state index in [-0.39, 0.29) is 0 Å². The first-order chi connectivity index (χ1) is 9.49. The van der Waals surface area contributed by atoms with Gasteiger partial charge in [0.15, 0.2) is 5.82 Å². The topological polar surface area (TPSA) is 42.7 Å². The van der Waals surface area contributed by atoms with Crippen LogP contribution in [-0.4, -0.2) is 21.3 Å². The molecule has 0 saturated carbocycles. The van der Waals surface area contributed by atoms with Gasteiger partial charge < -0.3 is 5.32 Å². The van der Waals surface area contributed by atoms with E-state index in [0.29, 0.717) is 5.92 Å². The zero-order valence-electron chi connectivity index (χ0n) is 12.4. The molecule has 0 aliphatic heterocycles. The predicted octanol–water partition coefficient (Wildman–Crippen LogP) is 3.39.